The number of carbonyl (C=O) groups is 2. The molecule has 3 atom stereocenters. The molecule has 1 unspecified atom stereocenters. The number of ether oxygens (including phenoxy) is 4. The van der Waals surface area contributed by atoms with Crippen molar-refractivity contribution < 1.29 is 33.1 Å². The van der Waals surface area contributed by atoms with Gasteiger partial charge in [0.15, 0.2) is 0 Å². The Kier molecular flexibility index (Phi) is 17.1. The second-order valence-corrected chi connectivity index (χ2v) is 16.9. The molecule has 5 rings (SSSR count). The smallest absolute Gasteiger partial charge is 0.371 e. The average Bonchev–Trinajstić information content (AvgIpc) is 3.66. The zero-order valence-electron chi connectivity index (χ0n) is 35.3. The number of likely N-dealkylation sites (tertiary alicyclic amines) is 1. The number of nitrogens with zero attached hydrogens (tertiary/aromatic N) is 2. The Bertz CT molecular complexity index is 1770. The first-order chi connectivity index (χ1) is 28.1. The van der Waals surface area contributed by atoms with Crippen LogP contribution in [0.5, 0.6) is 11.5 Å². The van der Waals surface area contributed by atoms with Gasteiger partial charge in [0.05, 0.1) is 33.0 Å². The molecule has 4 aromatic rings. The molecule has 0 saturated carbocycles. The Hall–Kier alpha value is -4.31. The monoisotopic (exact) mass is 811 g/mol. The van der Waals surface area contributed by atoms with Gasteiger partial charge in [-0.2, -0.15) is 0 Å². The van der Waals surface area contributed by atoms with Crippen LogP contribution in [-0.4, -0.2) is 86.4 Å². The second-order valence-electron chi connectivity index (χ2n) is 15.3. The molecule has 4 aromatic carbocycles. The van der Waals surface area contributed by atoms with E-state index in [1.807, 2.05) is 109 Å². The summed E-state index contributed by atoms with van der Waals surface area (Å²) in [5.74, 6) is 1.53. The van der Waals surface area contributed by atoms with Crippen LogP contribution in [-0.2, 0) is 31.0 Å². The Morgan fingerprint density at radius 1 is 0.776 bits per heavy atom. The lowest BCUT2D eigenvalue weighted by Gasteiger charge is -2.38. The number of carbonyl (C=O) groups excluding carboxylic acids is 2. The third-order valence-corrected chi connectivity index (χ3v) is 12.8. The van der Waals surface area contributed by atoms with E-state index in [0.717, 1.165) is 59.6 Å². The van der Waals surface area contributed by atoms with Gasteiger partial charge < -0.3 is 33.7 Å². The number of rotatable bonds is 22. The summed E-state index contributed by atoms with van der Waals surface area (Å²) in [6.45, 7) is 9.91. The van der Waals surface area contributed by atoms with Crippen LogP contribution in [0.4, 0.5) is 4.79 Å². The number of nitrogens with one attached hydrogen (secondary N) is 1. The highest BCUT2D eigenvalue weighted by Gasteiger charge is 2.44. The Morgan fingerprint density at radius 2 is 1.33 bits per heavy atom. The van der Waals surface area contributed by atoms with Crippen molar-refractivity contribution in [3.8, 4) is 11.5 Å². The van der Waals surface area contributed by atoms with Crippen LogP contribution < -0.4 is 14.8 Å². The second kappa shape index (κ2) is 22.2. The van der Waals surface area contributed by atoms with Crippen LogP contribution in [0.2, 0.25) is 0 Å². The van der Waals surface area contributed by atoms with Crippen LogP contribution in [0.3, 0.4) is 0 Å². The molecule has 10 nitrogen and oxygen atoms in total. The third kappa shape index (κ3) is 11.5. The fraction of sp³-hybridized carbons (Fsp3) is 0.447. The van der Waals surface area contributed by atoms with E-state index >= 15 is 0 Å². The van der Waals surface area contributed by atoms with Crippen molar-refractivity contribution in [3.05, 3.63) is 131 Å². The molecule has 58 heavy (non-hydrogen) atoms. The van der Waals surface area contributed by atoms with Crippen molar-refractivity contribution in [3.63, 3.8) is 0 Å². The first-order valence-corrected chi connectivity index (χ1v) is 21.7. The summed E-state index contributed by atoms with van der Waals surface area (Å²) in [6.07, 6.45) is 3.24. The fourth-order valence-corrected chi connectivity index (χ4v) is 9.56. The van der Waals surface area contributed by atoms with Crippen LogP contribution >= 0.6 is 8.30 Å². The lowest BCUT2D eigenvalue weighted by atomic mass is 9.80. The molecule has 0 aliphatic carbocycles. The zero-order valence-corrected chi connectivity index (χ0v) is 36.2. The topological polar surface area (TPSA) is 98.8 Å². The molecule has 0 aromatic heterocycles. The highest BCUT2D eigenvalue weighted by Crippen LogP contribution is 2.50. The maximum absolute atomic E-state index is 14.2. The number of hydrogen-bond donors (Lipinski definition) is 1. The molecule has 312 valence electrons. The average molecular weight is 812 g/mol. The Labute approximate surface area is 347 Å². The molecule has 0 spiro atoms. The van der Waals surface area contributed by atoms with Gasteiger partial charge in [-0.05, 0) is 107 Å². The predicted octanol–water partition coefficient (Wildman–Crippen LogP) is 9.55. The number of benzene rings is 4. The molecule has 1 aliphatic heterocycles. The maximum Gasteiger partial charge on any atom is 0.371 e. The Balaban J connectivity index is 1.49. The van der Waals surface area contributed by atoms with E-state index in [-0.39, 0.29) is 43.0 Å². The van der Waals surface area contributed by atoms with E-state index in [1.54, 1.807) is 14.2 Å². The molecule has 1 amide bonds. The lowest BCUT2D eigenvalue weighted by molar-refractivity contribution is -0.134. The molecule has 1 aliphatic rings. The molecule has 11 heteroatoms. The van der Waals surface area contributed by atoms with Crippen LogP contribution in [0, 0.1) is 0 Å². The largest absolute Gasteiger partial charge is 0.497 e. The normalized spacial score (nSPS) is 16.2. The first kappa shape index (κ1) is 44.8. The molecule has 1 N–H and O–H groups in total. The standard InChI is InChI=1S/C47H62N3O7P/c1-35(2)50(36(3)4)58(46(52)55-33-37-17-11-8-12-18-37)57-44-31-41(49(32-44)45(51)21-15-10-16-30-48-5)34-56-47(38-19-13-9-14-20-38,39-22-26-42(53-6)27-23-39)40-24-28-43(54-7)29-25-40/h8-9,11-14,17-20,22-29,35-36,41,44,48H,10,15-16,21,30-34H2,1-7H3/t41-,44+,58?/m0/s1. The van der Waals surface area contributed by atoms with E-state index in [1.165, 1.54) is 0 Å². The van der Waals surface area contributed by atoms with Gasteiger partial charge in [0, 0.05) is 25.0 Å². The van der Waals surface area contributed by atoms with E-state index in [0.29, 0.717) is 19.4 Å². The Morgan fingerprint density at radius 3 is 1.86 bits per heavy atom. The van der Waals surface area contributed by atoms with Crippen molar-refractivity contribution in [1.82, 2.24) is 14.9 Å². The van der Waals surface area contributed by atoms with Crippen molar-refractivity contribution in [1.29, 1.82) is 0 Å². The van der Waals surface area contributed by atoms with E-state index < -0.39 is 20.0 Å². The van der Waals surface area contributed by atoms with Crippen molar-refractivity contribution in [2.45, 2.75) is 96.2 Å². The van der Waals surface area contributed by atoms with Gasteiger partial charge in [0.2, 0.25) is 14.2 Å². The molecule has 0 bridgehead atoms. The summed E-state index contributed by atoms with van der Waals surface area (Å²) in [7, 11) is 3.42. The van der Waals surface area contributed by atoms with Crippen LogP contribution in [0.25, 0.3) is 0 Å². The fourth-order valence-electron chi connectivity index (χ4n) is 7.73. The maximum atomic E-state index is 14.2. The number of unbranched alkanes of at least 4 members (excludes halogenated alkanes) is 2. The highest BCUT2D eigenvalue weighted by atomic mass is 31.2. The molecule has 1 heterocycles. The summed E-state index contributed by atoms with van der Waals surface area (Å²) in [5.41, 5.74) is 2.23. The summed E-state index contributed by atoms with van der Waals surface area (Å²) < 4.78 is 33.4. The quantitative estimate of drug-likeness (QED) is 0.0473. The summed E-state index contributed by atoms with van der Waals surface area (Å²) in [6, 6.07) is 35.5. The molecule has 1 saturated heterocycles. The minimum absolute atomic E-state index is 0.0201. The zero-order chi connectivity index (χ0) is 41.5. The number of methoxy groups -OCH3 is 2. The molecular formula is C47H62N3O7P. The first-order valence-electron chi connectivity index (χ1n) is 20.5. The lowest BCUT2D eigenvalue weighted by Crippen LogP contribution is -2.42. The van der Waals surface area contributed by atoms with Gasteiger partial charge >= 0.3 is 5.71 Å². The van der Waals surface area contributed by atoms with Gasteiger partial charge in [0.1, 0.15) is 23.7 Å². The van der Waals surface area contributed by atoms with Gasteiger partial charge in [0.25, 0.3) is 0 Å². The number of amides is 1. The minimum atomic E-state index is -1.83. The van der Waals surface area contributed by atoms with Crippen LogP contribution in [0.1, 0.15) is 82.1 Å². The van der Waals surface area contributed by atoms with Gasteiger partial charge in [-0.1, -0.05) is 91.3 Å². The predicted molar refractivity (Wildman–Crippen MR) is 231 cm³/mol. The summed E-state index contributed by atoms with van der Waals surface area (Å²) in [5, 5.41) is 3.20. The SMILES string of the molecule is CNCCCCCC(=O)N1C[C@H](OP(C(=O)OCc2ccccc2)N(C(C)C)C(C)C)C[C@H]1COC(c1ccccc1)(c1ccc(OC)cc1)c1ccc(OC)cc1. The summed E-state index contributed by atoms with van der Waals surface area (Å²) >= 11 is 0. The molecule has 1 fully saturated rings. The van der Waals surface area contributed by atoms with Gasteiger partial charge in [-0.3, -0.25) is 4.79 Å². The van der Waals surface area contributed by atoms with Crippen molar-refractivity contribution in [2.75, 3.05) is 41.0 Å². The molecule has 0 radical (unpaired) electrons. The molecular weight excluding hydrogens is 750 g/mol. The van der Waals surface area contributed by atoms with Crippen molar-refractivity contribution >= 4 is 19.9 Å². The van der Waals surface area contributed by atoms with Gasteiger partial charge in [-0.25, -0.2) is 9.46 Å². The van der Waals surface area contributed by atoms with E-state index in [2.05, 4.69) is 49.8 Å². The van der Waals surface area contributed by atoms with Crippen LogP contribution in [0.15, 0.2) is 109 Å². The van der Waals surface area contributed by atoms with Crippen molar-refractivity contribution in [2.24, 2.45) is 0 Å². The van der Waals surface area contributed by atoms with E-state index in [4.69, 9.17) is 23.5 Å². The summed E-state index contributed by atoms with van der Waals surface area (Å²) in [4.78, 5) is 30.2. The van der Waals surface area contributed by atoms with E-state index in [9.17, 15) is 9.59 Å². The van der Waals surface area contributed by atoms with Gasteiger partial charge in [-0.15, -0.1) is 0 Å². The third-order valence-electron chi connectivity index (χ3n) is 10.6. The highest BCUT2D eigenvalue weighted by molar-refractivity contribution is 7.67. The number of hydrogen-bond acceptors (Lipinski definition) is 9. The minimum Gasteiger partial charge on any atom is -0.497 e.